The lowest BCUT2D eigenvalue weighted by molar-refractivity contribution is -0.134. The van der Waals surface area contributed by atoms with Gasteiger partial charge in [0, 0.05) is 11.5 Å². The van der Waals surface area contributed by atoms with E-state index in [0.29, 0.717) is 5.13 Å². The molecule has 1 aromatic heterocycles. The summed E-state index contributed by atoms with van der Waals surface area (Å²) in [5.74, 6) is -0.935. The van der Waals surface area contributed by atoms with E-state index in [4.69, 9.17) is 5.11 Å². The molecule has 0 unspecified atom stereocenters. The Kier molecular flexibility index (Phi) is 2.11. The summed E-state index contributed by atoms with van der Waals surface area (Å²) in [6.07, 6.45) is 0. The fourth-order valence-electron chi connectivity index (χ4n) is 0.353. The molecule has 0 atom stereocenters. The minimum Gasteiger partial charge on any atom is -0.480 e. The van der Waals surface area contributed by atoms with Crippen LogP contribution < -0.4 is 5.32 Å². The van der Waals surface area contributed by atoms with Gasteiger partial charge in [0.15, 0.2) is 0 Å². The molecule has 7 heteroatoms. The van der Waals surface area contributed by atoms with Crippen molar-refractivity contribution in [1.29, 1.82) is 0 Å². The molecule has 10 heavy (non-hydrogen) atoms. The molecule has 0 aliphatic carbocycles. The molecule has 0 aliphatic rings. The number of carboxylic acid groups (broad SMARTS) is 1. The summed E-state index contributed by atoms with van der Waals surface area (Å²) in [5.41, 5.74) is 0. The Morgan fingerprint density at radius 1 is 1.80 bits per heavy atom. The van der Waals surface area contributed by atoms with Crippen LogP contribution in [0.15, 0.2) is 0 Å². The van der Waals surface area contributed by atoms with Gasteiger partial charge in [0.2, 0.25) is 5.13 Å². The number of rotatable bonds is 3. The molecule has 0 amide bonds. The number of nitrogens with one attached hydrogen (secondary N) is 1. The zero-order valence-electron chi connectivity index (χ0n) is 4.81. The number of hydrogen-bond acceptors (Lipinski definition) is 6. The first-order valence-corrected chi connectivity index (χ1v) is 3.17. The molecule has 0 saturated carbocycles. The van der Waals surface area contributed by atoms with Crippen molar-refractivity contribution >= 4 is 22.6 Å². The number of carbonyl (C=O) groups is 1. The Labute approximate surface area is 60.0 Å². The van der Waals surface area contributed by atoms with Crippen LogP contribution in [0.5, 0.6) is 0 Å². The molecular formula is C3H4N4O2S. The summed E-state index contributed by atoms with van der Waals surface area (Å²) in [6, 6.07) is 0. The molecule has 1 heterocycles. The highest BCUT2D eigenvalue weighted by Crippen LogP contribution is 2.02. The number of anilines is 1. The van der Waals surface area contributed by atoms with E-state index in [2.05, 4.69) is 20.1 Å². The van der Waals surface area contributed by atoms with Crippen molar-refractivity contribution in [3.63, 3.8) is 0 Å². The number of nitrogens with zero attached hydrogens (tertiary/aromatic N) is 3. The quantitative estimate of drug-likeness (QED) is 0.615. The maximum atomic E-state index is 9.97. The van der Waals surface area contributed by atoms with E-state index >= 15 is 0 Å². The molecule has 0 bridgehead atoms. The van der Waals surface area contributed by atoms with E-state index in [0.717, 1.165) is 11.5 Å². The predicted molar refractivity (Wildman–Crippen MR) is 33.8 cm³/mol. The van der Waals surface area contributed by atoms with E-state index in [1.165, 1.54) is 0 Å². The molecule has 6 nitrogen and oxygen atoms in total. The molecule has 54 valence electrons. The lowest BCUT2D eigenvalue weighted by Gasteiger charge is -1.92. The second-order valence-electron chi connectivity index (χ2n) is 1.41. The van der Waals surface area contributed by atoms with E-state index in [1.807, 2.05) is 0 Å². The van der Waals surface area contributed by atoms with Crippen molar-refractivity contribution in [1.82, 2.24) is 14.8 Å². The Morgan fingerprint density at radius 3 is 3.10 bits per heavy atom. The summed E-state index contributed by atoms with van der Waals surface area (Å²) in [7, 11) is 0. The first-order chi connectivity index (χ1) is 4.79. The van der Waals surface area contributed by atoms with Gasteiger partial charge in [0.25, 0.3) is 0 Å². The van der Waals surface area contributed by atoms with Crippen LogP contribution in [0.3, 0.4) is 0 Å². The highest BCUT2D eigenvalue weighted by atomic mass is 32.1. The summed E-state index contributed by atoms with van der Waals surface area (Å²) in [6.45, 7) is -0.156. The minimum atomic E-state index is -0.935. The maximum Gasteiger partial charge on any atom is 0.322 e. The summed E-state index contributed by atoms with van der Waals surface area (Å²) >= 11 is 1.02. The number of hydrogen-bond donors (Lipinski definition) is 2. The van der Waals surface area contributed by atoms with Crippen molar-refractivity contribution in [2.45, 2.75) is 0 Å². The van der Waals surface area contributed by atoms with Crippen molar-refractivity contribution in [3.05, 3.63) is 0 Å². The van der Waals surface area contributed by atoms with Crippen LogP contribution in [0.1, 0.15) is 0 Å². The monoisotopic (exact) mass is 160 g/mol. The third-order valence-corrected chi connectivity index (χ3v) is 1.24. The summed E-state index contributed by atoms with van der Waals surface area (Å²) in [4.78, 5) is 9.97. The maximum absolute atomic E-state index is 9.97. The van der Waals surface area contributed by atoms with Gasteiger partial charge in [0.05, 0.1) is 0 Å². The largest absolute Gasteiger partial charge is 0.480 e. The van der Waals surface area contributed by atoms with Gasteiger partial charge < -0.3 is 10.4 Å². The topological polar surface area (TPSA) is 88.0 Å². The van der Waals surface area contributed by atoms with Crippen LogP contribution in [0.25, 0.3) is 0 Å². The van der Waals surface area contributed by atoms with Crippen LogP contribution >= 0.6 is 11.5 Å². The first kappa shape index (κ1) is 6.87. The van der Waals surface area contributed by atoms with Crippen LogP contribution in [-0.4, -0.2) is 32.4 Å². The van der Waals surface area contributed by atoms with Gasteiger partial charge in [0.1, 0.15) is 6.54 Å². The van der Waals surface area contributed by atoms with Gasteiger partial charge in [-0.25, -0.2) is 0 Å². The summed E-state index contributed by atoms with van der Waals surface area (Å²) in [5, 5.41) is 17.8. The fraction of sp³-hybridized carbons (Fsp3) is 0.333. The number of aliphatic carboxylic acids is 1. The Balaban J connectivity index is 2.35. The standard InChI is InChI=1S/C3H4N4O2S/c8-2(9)1-4-3-5-6-7-10-3/h1H2,(H,8,9)(H,4,5,7). The fourth-order valence-corrected chi connectivity index (χ4v) is 0.713. The van der Waals surface area contributed by atoms with Gasteiger partial charge in [-0.15, -0.1) is 0 Å². The van der Waals surface area contributed by atoms with Crippen molar-refractivity contribution < 1.29 is 9.90 Å². The second-order valence-corrected chi connectivity index (χ2v) is 2.15. The Hall–Kier alpha value is -1.24. The van der Waals surface area contributed by atoms with E-state index in [1.54, 1.807) is 0 Å². The van der Waals surface area contributed by atoms with E-state index in [-0.39, 0.29) is 6.54 Å². The molecular weight excluding hydrogens is 156 g/mol. The van der Waals surface area contributed by atoms with Crippen LogP contribution in [0.4, 0.5) is 5.13 Å². The molecule has 1 aromatic rings. The predicted octanol–water partition coefficient (Wildman–Crippen LogP) is -0.570. The van der Waals surface area contributed by atoms with Crippen LogP contribution in [0.2, 0.25) is 0 Å². The molecule has 0 radical (unpaired) electrons. The lowest BCUT2D eigenvalue weighted by Crippen LogP contribution is -2.11. The third-order valence-electron chi connectivity index (χ3n) is 0.690. The van der Waals surface area contributed by atoms with Gasteiger partial charge in [-0.2, -0.15) is 0 Å². The molecule has 0 fully saturated rings. The highest BCUT2D eigenvalue weighted by molar-refractivity contribution is 7.09. The molecule has 0 aliphatic heterocycles. The number of carboxylic acids is 1. The van der Waals surface area contributed by atoms with Crippen molar-refractivity contribution in [2.24, 2.45) is 0 Å². The minimum absolute atomic E-state index is 0.156. The zero-order chi connectivity index (χ0) is 7.40. The van der Waals surface area contributed by atoms with Gasteiger partial charge in [-0.3, -0.25) is 4.79 Å². The average molecular weight is 160 g/mol. The van der Waals surface area contributed by atoms with E-state index < -0.39 is 5.97 Å². The average Bonchev–Trinajstić information content (AvgIpc) is 2.34. The van der Waals surface area contributed by atoms with Crippen LogP contribution in [-0.2, 0) is 4.79 Å². The molecule has 1 rings (SSSR count). The van der Waals surface area contributed by atoms with Crippen LogP contribution in [0, 0.1) is 0 Å². The SMILES string of the molecule is O=C(O)CNc1nnns1. The van der Waals surface area contributed by atoms with Gasteiger partial charge in [-0.05, 0) is 5.21 Å². The molecule has 2 N–H and O–H groups in total. The molecule has 0 spiro atoms. The smallest absolute Gasteiger partial charge is 0.322 e. The third kappa shape index (κ3) is 1.94. The van der Waals surface area contributed by atoms with Crippen molar-refractivity contribution in [2.75, 3.05) is 11.9 Å². The normalized spacial score (nSPS) is 9.20. The van der Waals surface area contributed by atoms with Gasteiger partial charge >= 0.3 is 5.97 Å². The Morgan fingerprint density at radius 2 is 2.60 bits per heavy atom. The highest BCUT2D eigenvalue weighted by Gasteiger charge is 1.98. The van der Waals surface area contributed by atoms with Gasteiger partial charge in [-0.1, -0.05) is 9.59 Å². The lowest BCUT2D eigenvalue weighted by atomic mass is 10.7. The number of aromatic nitrogens is 3. The molecule has 0 saturated heterocycles. The van der Waals surface area contributed by atoms with Crippen molar-refractivity contribution in [3.8, 4) is 0 Å². The summed E-state index contributed by atoms with van der Waals surface area (Å²) < 4.78 is 3.43. The second kappa shape index (κ2) is 3.06. The first-order valence-electron chi connectivity index (χ1n) is 2.40. The van der Waals surface area contributed by atoms with E-state index in [9.17, 15) is 4.79 Å². The zero-order valence-corrected chi connectivity index (χ0v) is 5.63. The molecule has 0 aromatic carbocycles. The Bertz CT molecular complexity index is 210.